The Bertz CT molecular complexity index is 944. The number of esters is 1. The number of amides is 1. The number of carbonyl (C=O) groups is 2. The van der Waals surface area contributed by atoms with Crippen LogP contribution in [-0.2, 0) is 19.9 Å². The van der Waals surface area contributed by atoms with Crippen LogP contribution in [0.4, 0.5) is 0 Å². The van der Waals surface area contributed by atoms with Crippen LogP contribution >= 0.6 is 23.2 Å². The summed E-state index contributed by atoms with van der Waals surface area (Å²) in [5.74, 6) is -0.225. The monoisotopic (exact) mass is 490 g/mol. The number of rotatable bonds is 9. The molecule has 0 aliphatic carbocycles. The molecule has 0 spiro atoms. The van der Waals surface area contributed by atoms with Crippen molar-refractivity contribution in [2.75, 3.05) is 26.2 Å². The van der Waals surface area contributed by atoms with E-state index in [4.69, 9.17) is 27.9 Å². The Labute approximate surface area is 206 Å². The summed E-state index contributed by atoms with van der Waals surface area (Å²) < 4.78 is 5.20. The van der Waals surface area contributed by atoms with Crippen LogP contribution in [0.25, 0.3) is 0 Å². The number of likely N-dealkylation sites (tertiary alicyclic amines) is 1. The van der Waals surface area contributed by atoms with Crippen molar-refractivity contribution < 1.29 is 14.3 Å². The van der Waals surface area contributed by atoms with Crippen LogP contribution < -0.4 is 5.32 Å². The SMILES string of the molecule is CCOC(=O)CC(CCN1CCC(NC(C)=O)(c2ccccc2)CC1)c1ccc(Cl)c(Cl)c1. The number of hydrogen-bond acceptors (Lipinski definition) is 4. The van der Waals surface area contributed by atoms with Gasteiger partial charge in [0.1, 0.15) is 0 Å². The van der Waals surface area contributed by atoms with Gasteiger partial charge < -0.3 is 15.0 Å². The lowest BCUT2D eigenvalue weighted by Gasteiger charge is -2.43. The highest BCUT2D eigenvalue weighted by Crippen LogP contribution is 2.34. The minimum Gasteiger partial charge on any atom is -0.466 e. The molecular weight excluding hydrogens is 459 g/mol. The molecule has 1 amide bonds. The molecule has 1 aliphatic heterocycles. The molecule has 1 heterocycles. The molecule has 33 heavy (non-hydrogen) atoms. The van der Waals surface area contributed by atoms with E-state index >= 15 is 0 Å². The molecule has 2 aromatic carbocycles. The Morgan fingerprint density at radius 1 is 1.09 bits per heavy atom. The van der Waals surface area contributed by atoms with Gasteiger partial charge >= 0.3 is 5.97 Å². The van der Waals surface area contributed by atoms with Gasteiger partial charge in [0.15, 0.2) is 0 Å². The van der Waals surface area contributed by atoms with Crippen molar-refractivity contribution in [2.45, 2.75) is 51.0 Å². The first-order chi connectivity index (χ1) is 15.8. The molecule has 1 atom stereocenters. The fourth-order valence-electron chi connectivity index (χ4n) is 4.65. The lowest BCUT2D eigenvalue weighted by Crippen LogP contribution is -2.52. The van der Waals surface area contributed by atoms with Crippen LogP contribution in [0.1, 0.15) is 56.6 Å². The van der Waals surface area contributed by atoms with Crippen LogP contribution in [0.5, 0.6) is 0 Å². The zero-order chi connectivity index (χ0) is 23.8. The van der Waals surface area contributed by atoms with Crippen LogP contribution in [-0.4, -0.2) is 43.0 Å². The summed E-state index contributed by atoms with van der Waals surface area (Å²) in [7, 11) is 0. The maximum Gasteiger partial charge on any atom is 0.306 e. The van der Waals surface area contributed by atoms with Crippen LogP contribution in [0.15, 0.2) is 48.5 Å². The summed E-state index contributed by atoms with van der Waals surface area (Å²) in [5.41, 5.74) is 1.81. The fourth-order valence-corrected chi connectivity index (χ4v) is 4.96. The molecule has 1 aliphatic rings. The molecule has 0 aromatic heterocycles. The summed E-state index contributed by atoms with van der Waals surface area (Å²) >= 11 is 12.3. The lowest BCUT2D eigenvalue weighted by molar-refractivity contribution is -0.143. The van der Waals surface area contributed by atoms with Crippen molar-refractivity contribution in [3.8, 4) is 0 Å². The molecule has 2 aromatic rings. The number of halogens is 2. The van der Waals surface area contributed by atoms with Crippen LogP contribution in [0, 0.1) is 0 Å². The Balaban J connectivity index is 1.67. The van der Waals surface area contributed by atoms with Crippen molar-refractivity contribution in [3.05, 3.63) is 69.7 Å². The van der Waals surface area contributed by atoms with Crippen molar-refractivity contribution in [1.82, 2.24) is 10.2 Å². The van der Waals surface area contributed by atoms with Gasteiger partial charge in [0.2, 0.25) is 5.91 Å². The Morgan fingerprint density at radius 3 is 2.39 bits per heavy atom. The topological polar surface area (TPSA) is 58.6 Å². The Morgan fingerprint density at radius 2 is 1.79 bits per heavy atom. The molecule has 0 bridgehead atoms. The Hall–Kier alpha value is -2.08. The van der Waals surface area contributed by atoms with E-state index in [1.54, 1.807) is 13.0 Å². The summed E-state index contributed by atoms with van der Waals surface area (Å²) in [6.07, 6.45) is 2.78. The zero-order valence-electron chi connectivity index (χ0n) is 19.3. The molecule has 1 fully saturated rings. The van der Waals surface area contributed by atoms with E-state index in [1.807, 2.05) is 37.3 Å². The van der Waals surface area contributed by atoms with Gasteiger partial charge in [0, 0.05) is 20.0 Å². The van der Waals surface area contributed by atoms with Crippen LogP contribution in [0.2, 0.25) is 10.0 Å². The summed E-state index contributed by atoms with van der Waals surface area (Å²) in [6, 6.07) is 15.8. The van der Waals surface area contributed by atoms with E-state index in [1.165, 1.54) is 0 Å². The van der Waals surface area contributed by atoms with Gasteiger partial charge in [-0.15, -0.1) is 0 Å². The molecule has 5 nitrogen and oxygen atoms in total. The summed E-state index contributed by atoms with van der Waals surface area (Å²) in [4.78, 5) is 26.6. The average molecular weight is 491 g/mol. The van der Waals surface area contributed by atoms with E-state index in [9.17, 15) is 9.59 Å². The number of ether oxygens (including phenoxy) is 1. The molecule has 1 saturated heterocycles. The average Bonchev–Trinajstić information content (AvgIpc) is 2.80. The van der Waals surface area contributed by atoms with E-state index in [0.29, 0.717) is 23.1 Å². The third-order valence-electron chi connectivity index (χ3n) is 6.38. The number of nitrogens with zero attached hydrogens (tertiary/aromatic N) is 1. The maximum absolute atomic E-state index is 12.2. The van der Waals surface area contributed by atoms with Crippen molar-refractivity contribution >= 4 is 35.1 Å². The second-order valence-electron chi connectivity index (χ2n) is 8.64. The van der Waals surface area contributed by atoms with Crippen molar-refractivity contribution in [2.24, 2.45) is 0 Å². The first-order valence-corrected chi connectivity index (χ1v) is 12.3. The number of hydrogen-bond donors (Lipinski definition) is 1. The van der Waals surface area contributed by atoms with E-state index < -0.39 is 0 Å². The van der Waals surface area contributed by atoms with E-state index in [2.05, 4.69) is 22.3 Å². The molecule has 0 radical (unpaired) electrons. The molecular formula is C26H32Cl2N2O3. The van der Waals surface area contributed by atoms with Gasteiger partial charge in [0.25, 0.3) is 0 Å². The predicted octanol–water partition coefficient (Wildman–Crippen LogP) is 5.55. The minimum atomic E-state index is -0.336. The summed E-state index contributed by atoms with van der Waals surface area (Å²) in [6.45, 7) is 6.33. The molecule has 0 saturated carbocycles. The van der Waals surface area contributed by atoms with Gasteiger partial charge in [-0.3, -0.25) is 9.59 Å². The first-order valence-electron chi connectivity index (χ1n) is 11.5. The molecule has 1 unspecified atom stereocenters. The molecule has 178 valence electrons. The molecule has 3 rings (SSSR count). The number of nitrogens with one attached hydrogen (secondary N) is 1. The highest BCUT2D eigenvalue weighted by atomic mass is 35.5. The lowest BCUT2D eigenvalue weighted by atomic mass is 9.80. The van der Waals surface area contributed by atoms with Crippen molar-refractivity contribution in [1.29, 1.82) is 0 Å². The molecule has 1 N–H and O–H groups in total. The minimum absolute atomic E-state index is 0.00466. The number of benzene rings is 2. The first kappa shape index (κ1) is 25.5. The second-order valence-corrected chi connectivity index (χ2v) is 9.45. The number of piperidine rings is 1. The quantitative estimate of drug-likeness (QED) is 0.468. The van der Waals surface area contributed by atoms with Crippen molar-refractivity contribution in [3.63, 3.8) is 0 Å². The predicted molar refractivity (Wildman–Crippen MR) is 133 cm³/mol. The highest BCUT2D eigenvalue weighted by molar-refractivity contribution is 6.42. The largest absolute Gasteiger partial charge is 0.466 e. The smallest absolute Gasteiger partial charge is 0.306 e. The standard InChI is InChI=1S/C26H32Cl2N2O3/c1-3-33-25(32)18-21(20-9-10-23(27)24(28)17-20)11-14-30-15-12-26(13-16-30,29-19(2)31)22-7-5-4-6-8-22/h4-10,17,21H,3,11-16,18H2,1-2H3,(H,29,31). The third-order valence-corrected chi connectivity index (χ3v) is 7.12. The van der Waals surface area contributed by atoms with E-state index in [-0.39, 0.29) is 23.3 Å². The maximum atomic E-state index is 12.2. The highest BCUT2D eigenvalue weighted by Gasteiger charge is 2.37. The van der Waals surface area contributed by atoms with Gasteiger partial charge in [-0.25, -0.2) is 0 Å². The molecule has 7 heteroatoms. The van der Waals surface area contributed by atoms with Gasteiger partial charge in [-0.2, -0.15) is 0 Å². The summed E-state index contributed by atoms with van der Waals surface area (Å²) in [5, 5.41) is 4.21. The van der Waals surface area contributed by atoms with Gasteiger partial charge in [-0.05, 0) is 61.9 Å². The third kappa shape index (κ3) is 6.95. The fraction of sp³-hybridized carbons (Fsp3) is 0.462. The second kappa shape index (κ2) is 11.9. The zero-order valence-corrected chi connectivity index (χ0v) is 20.8. The Kier molecular flexibility index (Phi) is 9.19. The normalized spacial score (nSPS) is 16.7. The van der Waals surface area contributed by atoms with Gasteiger partial charge in [-0.1, -0.05) is 59.6 Å². The van der Waals surface area contributed by atoms with E-state index in [0.717, 1.165) is 50.0 Å². The number of carbonyl (C=O) groups excluding carboxylic acids is 2. The van der Waals surface area contributed by atoms with Crippen LogP contribution in [0.3, 0.4) is 0 Å². The van der Waals surface area contributed by atoms with Gasteiger partial charge in [0.05, 0.1) is 28.6 Å².